The van der Waals surface area contributed by atoms with Gasteiger partial charge >= 0.3 is 0 Å². The molecule has 0 aromatic heterocycles. The third-order valence-electron chi connectivity index (χ3n) is 1.43. The Hall–Kier alpha value is -0.570. The summed E-state index contributed by atoms with van der Waals surface area (Å²) in [5.41, 5.74) is 0.687. The first kappa shape index (κ1) is 8.53. The van der Waals surface area contributed by atoms with E-state index >= 15 is 0 Å². The van der Waals surface area contributed by atoms with Crippen LogP contribution in [0, 0.1) is 11.6 Å². The summed E-state index contributed by atoms with van der Waals surface area (Å²) in [6.45, 7) is 1.80. The lowest BCUT2D eigenvalue weighted by Crippen LogP contribution is -1.89. The molecule has 3 heteroatoms. The summed E-state index contributed by atoms with van der Waals surface area (Å²) in [7, 11) is 0. The van der Waals surface area contributed by atoms with Crippen LogP contribution in [0.2, 0.25) is 0 Å². The molecule has 0 heterocycles. The van der Waals surface area contributed by atoms with Gasteiger partial charge in [0.15, 0.2) is 11.6 Å². The second-order valence-corrected chi connectivity index (χ2v) is 3.12. The SMILES string of the molecule is CC(S)c1ccc(F)c(F)c1. The molecule has 0 spiro atoms. The van der Waals surface area contributed by atoms with Gasteiger partial charge in [0.1, 0.15) is 0 Å². The lowest BCUT2D eigenvalue weighted by Gasteiger charge is -2.03. The van der Waals surface area contributed by atoms with Gasteiger partial charge in [-0.3, -0.25) is 0 Å². The van der Waals surface area contributed by atoms with Crippen molar-refractivity contribution >= 4 is 12.6 Å². The average molecular weight is 174 g/mol. The maximum atomic E-state index is 12.5. The van der Waals surface area contributed by atoms with Crippen LogP contribution in [0.1, 0.15) is 17.7 Å². The molecule has 1 rings (SSSR count). The number of rotatable bonds is 1. The van der Waals surface area contributed by atoms with Gasteiger partial charge in [0.2, 0.25) is 0 Å². The monoisotopic (exact) mass is 174 g/mol. The molecule has 0 saturated carbocycles. The maximum absolute atomic E-state index is 12.5. The van der Waals surface area contributed by atoms with Crippen LogP contribution >= 0.6 is 12.6 Å². The van der Waals surface area contributed by atoms with Crippen LogP contribution in [0.25, 0.3) is 0 Å². The minimum Gasteiger partial charge on any atom is -0.204 e. The molecule has 0 nitrogen and oxygen atoms in total. The molecule has 1 aromatic rings. The van der Waals surface area contributed by atoms with Crippen LogP contribution < -0.4 is 0 Å². The van der Waals surface area contributed by atoms with Crippen molar-refractivity contribution in [3.8, 4) is 0 Å². The highest BCUT2D eigenvalue weighted by Crippen LogP contribution is 2.20. The fourth-order valence-corrected chi connectivity index (χ4v) is 0.933. The first-order valence-corrected chi connectivity index (χ1v) is 3.76. The quantitative estimate of drug-likeness (QED) is 0.622. The van der Waals surface area contributed by atoms with E-state index in [4.69, 9.17) is 0 Å². The lowest BCUT2D eigenvalue weighted by molar-refractivity contribution is 0.507. The van der Waals surface area contributed by atoms with E-state index < -0.39 is 11.6 Å². The molecule has 0 saturated heterocycles. The highest BCUT2D eigenvalue weighted by molar-refractivity contribution is 7.80. The van der Waals surface area contributed by atoms with E-state index in [-0.39, 0.29) is 5.25 Å². The predicted octanol–water partition coefficient (Wildman–Crippen LogP) is 2.96. The normalized spacial score (nSPS) is 13.1. The van der Waals surface area contributed by atoms with E-state index in [0.29, 0.717) is 5.56 Å². The first-order chi connectivity index (χ1) is 5.11. The Morgan fingerprint density at radius 2 is 1.91 bits per heavy atom. The zero-order valence-electron chi connectivity index (χ0n) is 6.01. The van der Waals surface area contributed by atoms with Gasteiger partial charge in [0.25, 0.3) is 0 Å². The number of halogens is 2. The minimum absolute atomic E-state index is 0.0647. The van der Waals surface area contributed by atoms with Crippen LogP contribution in [0.3, 0.4) is 0 Å². The van der Waals surface area contributed by atoms with Gasteiger partial charge in [-0.25, -0.2) is 8.78 Å². The van der Waals surface area contributed by atoms with E-state index in [1.165, 1.54) is 6.07 Å². The van der Waals surface area contributed by atoms with Gasteiger partial charge in [0, 0.05) is 5.25 Å². The number of hydrogen-bond donors (Lipinski definition) is 1. The van der Waals surface area contributed by atoms with Gasteiger partial charge in [-0.1, -0.05) is 6.07 Å². The molecular formula is C8H8F2S. The molecule has 0 aliphatic heterocycles. The summed E-state index contributed by atoms with van der Waals surface area (Å²) < 4.78 is 24.9. The zero-order chi connectivity index (χ0) is 8.43. The van der Waals surface area contributed by atoms with Crippen molar-refractivity contribution < 1.29 is 8.78 Å². The molecule has 0 aliphatic carbocycles. The first-order valence-electron chi connectivity index (χ1n) is 3.24. The largest absolute Gasteiger partial charge is 0.204 e. The Kier molecular flexibility index (Phi) is 2.49. The summed E-state index contributed by atoms with van der Waals surface area (Å²) in [6.07, 6.45) is 0. The predicted molar refractivity (Wildman–Crippen MR) is 43.8 cm³/mol. The summed E-state index contributed by atoms with van der Waals surface area (Å²) in [5, 5.41) is -0.0647. The average Bonchev–Trinajstić information content (AvgIpc) is 1.94. The molecule has 0 fully saturated rings. The fourth-order valence-electron chi connectivity index (χ4n) is 0.772. The zero-order valence-corrected chi connectivity index (χ0v) is 6.91. The smallest absolute Gasteiger partial charge is 0.159 e. The molecule has 11 heavy (non-hydrogen) atoms. The summed E-state index contributed by atoms with van der Waals surface area (Å²) in [5.74, 6) is -1.63. The Labute approximate surface area is 69.6 Å². The van der Waals surface area contributed by atoms with Gasteiger partial charge in [-0.15, -0.1) is 0 Å². The summed E-state index contributed by atoms with van der Waals surface area (Å²) in [4.78, 5) is 0. The van der Waals surface area contributed by atoms with Crippen LogP contribution in [-0.2, 0) is 0 Å². The molecule has 0 N–H and O–H groups in total. The highest BCUT2D eigenvalue weighted by Gasteiger charge is 2.04. The molecule has 0 amide bonds. The molecule has 1 unspecified atom stereocenters. The lowest BCUT2D eigenvalue weighted by atomic mass is 10.1. The third kappa shape index (κ3) is 1.93. The standard InChI is InChI=1S/C8H8F2S/c1-5(11)6-2-3-7(9)8(10)4-6/h2-5,11H,1H3. The van der Waals surface area contributed by atoms with Gasteiger partial charge in [0.05, 0.1) is 0 Å². The van der Waals surface area contributed by atoms with Crippen molar-refractivity contribution in [2.24, 2.45) is 0 Å². The van der Waals surface area contributed by atoms with Crippen molar-refractivity contribution in [1.29, 1.82) is 0 Å². The van der Waals surface area contributed by atoms with Crippen LogP contribution in [0.15, 0.2) is 18.2 Å². The van der Waals surface area contributed by atoms with Crippen molar-refractivity contribution in [1.82, 2.24) is 0 Å². The minimum atomic E-state index is -0.817. The molecule has 1 aromatic carbocycles. The van der Waals surface area contributed by atoms with E-state index in [9.17, 15) is 8.78 Å². The fraction of sp³-hybridized carbons (Fsp3) is 0.250. The Bertz CT molecular complexity index is 258. The van der Waals surface area contributed by atoms with Gasteiger partial charge in [-0.05, 0) is 24.6 Å². The summed E-state index contributed by atoms with van der Waals surface area (Å²) >= 11 is 4.08. The molecule has 60 valence electrons. The third-order valence-corrected chi connectivity index (χ3v) is 1.72. The number of thiol groups is 1. The Morgan fingerprint density at radius 1 is 1.27 bits per heavy atom. The van der Waals surface area contributed by atoms with Gasteiger partial charge in [-0.2, -0.15) is 12.6 Å². The number of hydrogen-bond acceptors (Lipinski definition) is 1. The Morgan fingerprint density at radius 3 is 2.36 bits per heavy atom. The van der Waals surface area contributed by atoms with Crippen LogP contribution in [0.5, 0.6) is 0 Å². The van der Waals surface area contributed by atoms with Crippen molar-refractivity contribution in [2.45, 2.75) is 12.2 Å². The highest BCUT2D eigenvalue weighted by atomic mass is 32.1. The molecular weight excluding hydrogens is 166 g/mol. The van der Waals surface area contributed by atoms with Gasteiger partial charge < -0.3 is 0 Å². The summed E-state index contributed by atoms with van der Waals surface area (Å²) in [6, 6.07) is 3.79. The molecule has 0 radical (unpaired) electrons. The Balaban J connectivity index is 3.05. The van der Waals surface area contributed by atoms with Crippen molar-refractivity contribution in [3.05, 3.63) is 35.4 Å². The van der Waals surface area contributed by atoms with Crippen molar-refractivity contribution in [3.63, 3.8) is 0 Å². The number of benzene rings is 1. The van der Waals surface area contributed by atoms with Crippen LogP contribution in [0.4, 0.5) is 8.78 Å². The second kappa shape index (κ2) is 3.22. The van der Waals surface area contributed by atoms with Crippen molar-refractivity contribution in [2.75, 3.05) is 0 Å². The molecule has 1 atom stereocenters. The van der Waals surface area contributed by atoms with Crippen LogP contribution in [-0.4, -0.2) is 0 Å². The topological polar surface area (TPSA) is 0 Å². The molecule has 0 aliphatic rings. The second-order valence-electron chi connectivity index (χ2n) is 2.35. The van der Waals surface area contributed by atoms with E-state index in [2.05, 4.69) is 12.6 Å². The van der Waals surface area contributed by atoms with E-state index in [0.717, 1.165) is 12.1 Å². The van der Waals surface area contributed by atoms with E-state index in [1.807, 2.05) is 0 Å². The van der Waals surface area contributed by atoms with E-state index in [1.54, 1.807) is 6.92 Å². The molecule has 0 bridgehead atoms. The maximum Gasteiger partial charge on any atom is 0.159 e.